The van der Waals surface area contributed by atoms with E-state index >= 15 is 4.39 Å². The van der Waals surface area contributed by atoms with Crippen LogP contribution < -0.4 is 4.72 Å². The van der Waals surface area contributed by atoms with Crippen LogP contribution in [-0.2, 0) is 16.6 Å². The van der Waals surface area contributed by atoms with Gasteiger partial charge in [-0.2, -0.15) is 5.26 Å². The predicted octanol–water partition coefficient (Wildman–Crippen LogP) is 4.35. The van der Waals surface area contributed by atoms with E-state index in [9.17, 15) is 22.5 Å². The molecule has 0 amide bonds. The molecule has 0 unspecified atom stereocenters. The minimum Gasteiger partial charge on any atom is -0.329 e. The maximum Gasteiger partial charge on any atom is 0.264 e. The minimum absolute atomic E-state index is 0.0197. The van der Waals surface area contributed by atoms with Gasteiger partial charge in [-0.25, -0.2) is 36.3 Å². The summed E-state index contributed by atoms with van der Waals surface area (Å²) in [5.74, 6) is -0.883. The second kappa shape index (κ2) is 8.11. The molecule has 2 aliphatic carbocycles. The molecule has 0 aliphatic heterocycles. The highest BCUT2D eigenvalue weighted by Crippen LogP contribution is 2.39. The number of rotatable bonds is 7. The fraction of sp³-hybridized carbons (Fsp3) is 0.409. The van der Waals surface area contributed by atoms with Crippen LogP contribution in [0.15, 0.2) is 24.5 Å². The molecular formula is C22H20F3N5O2S. The molecule has 7 nitrogen and oxygen atoms in total. The average Bonchev–Trinajstić information content (AvgIpc) is 3.55. The van der Waals surface area contributed by atoms with Gasteiger partial charge >= 0.3 is 0 Å². The topological polar surface area (TPSA) is 101 Å². The first-order chi connectivity index (χ1) is 15.8. The molecule has 2 fully saturated rings. The van der Waals surface area contributed by atoms with Crippen molar-refractivity contribution in [1.29, 1.82) is 5.26 Å². The number of hydrogen-bond acceptors (Lipinski definition) is 5. The Bertz CT molecular complexity index is 1390. The molecule has 0 spiro atoms. The Hall–Kier alpha value is -2.97. The number of sulfonamides is 1. The predicted molar refractivity (Wildman–Crippen MR) is 114 cm³/mol. The highest BCUT2D eigenvalue weighted by molar-refractivity contribution is 7.90. The second-order valence-electron chi connectivity index (χ2n) is 8.44. The van der Waals surface area contributed by atoms with Crippen LogP contribution in [0.3, 0.4) is 0 Å². The lowest BCUT2D eigenvalue weighted by Crippen LogP contribution is -2.26. The number of hydrogen-bond donors (Lipinski definition) is 1. The van der Waals surface area contributed by atoms with E-state index in [1.165, 1.54) is 6.07 Å². The third-order valence-electron chi connectivity index (χ3n) is 6.30. The summed E-state index contributed by atoms with van der Waals surface area (Å²) in [7, 11) is -3.44. The van der Waals surface area contributed by atoms with Crippen molar-refractivity contribution in [2.24, 2.45) is 0 Å². The zero-order chi connectivity index (χ0) is 23.3. The summed E-state index contributed by atoms with van der Waals surface area (Å²) in [5.41, 5.74) is -0.633. The number of nitriles is 1. The Balaban J connectivity index is 1.65. The minimum atomic E-state index is -3.44. The van der Waals surface area contributed by atoms with Crippen molar-refractivity contribution in [2.75, 3.05) is 0 Å². The molecule has 3 heterocycles. The van der Waals surface area contributed by atoms with E-state index in [0.29, 0.717) is 29.4 Å². The number of halogens is 3. The van der Waals surface area contributed by atoms with E-state index in [0.717, 1.165) is 31.5 Å². The van der Waals surface area contributed by atoms with Crippen LogP contribution in [0.25, 0.3) is 22.3 Å². The standard InChI is InChI=1S/C22H20F3N5O2S/c23-17-8-16-12(10-28-33(31,32)14-4-5-14)11-30(13-2-1-3-13)22(16)29-20(17)19-15(21(24)25)6-7-27-18(19)9-26/h6-8,11,13-14,21,28H,1-5,10H2. The first-order valence-corrected chi connectivity index (χ1v) is 12.2. The molecule has 172 valence electrons. The van der Waals surface area contributed by atoms with Gasteiger partial charge in [-0.15, -0.1) is 0 Å². The first-order valence-electron chi connectivity index (χ1n) is 10.7. The lowest BCUT2D eigenvalue weighted by atomic mass is 9.93. The van der Waals surface area contributed by atoms with Gasteiger partial charge in [-0.3, -0.25) is 0 Å². The third kappa shape index (κ3) is 3.87. The Kier molecular flexibility index (Phi) is 5.37. The molecule has 3 aromatic rings. The summed E-state index contributed by atoms with van der Waals surface area (Å²) in [6.07, 6.45) is 3.91. The van der Waals surface area contributed by atoms with Gasteiger partial charge in [-0.05, 0) is 49.8 Å². The summed E-state index contributed by atoms with van der Waals surface area (Å²) < 4.78 is 71.6. The molecule has 2 saturated carbocycles. The molecule has 0 radical (unpaired) electrons. The van der Waals surface area contributed by atoms with E-state index in [1.54, 1.807) is 12.3 Å². The molecule has 5 rings (SSSR count). The summed E-state index contributed by atoms with van der Waals surface area (Å²) in [5, 5.41) is 9.42. The number of nitrogens with zero attached hydrogens (tertiary/aromatic N) is 4. The largest absolute Gasteiger partial charge is 0.329 e. The van der Waals surface area contributed by atoms with E-state index in [2.05, 4.69) is 14.7 Å². The van der Waals surface area contributed by atoms with Crippen molar-refractivity contribution in [1.82, 2.24) is 19.3 Å². The first kappa shape index (κ1) is 21.9. The van der Waals surface area contributed by atoms with Gasteiger partial charge in [-0.1, -0.05) is 0 Å². The van der Waals surface area contributed by atoms with Gasteiger partial charge in [0.1, 0.15) is 28.9 Å². The van der Waals surface area contributed by atoms with Crippen LogP contribution in [0.4, 0.5) is 13.2 Å². The molecule has 0 bridgehead atoms. The van der Waals surface area contributed by atoms with E-state index in [1.807, 2.05) is 4.57 Å². The number of alkyl halides is 2. The van der Waals surface area contributed by atoms with Gasteiger partial charge in [0, 0.05) is 41.5 Å². The second-order valence-corrected chi connectivity index (χ2v) is 10.5. The molecule has 2 aliphatic rings. The molecule has 11 heteroatoms. The summed E-state index contributed by atoms with van der Waals surface area (Å²) in [6, 6.07) is 4.08. The Morgan fingerprint density at radius 2 is 2.03 bits per heavy atom. The molecule has 1 N–H and O–H groups in total. The fourth-order valence-corrected chi connectivity index (χ4v) is 5.49. The van der Waals surface area contributed by atoms with Crippen molar-refractivity contribution in [3.8, 4) is 17.3 Å². The number of nitrogens with one attached hydrogen (secondary N) is 1. The molecule has 0 atom stereocenters. The van der Waals surface area contributed by atoms with Crippen LogP contribution in [0, 0.1) is 17.1 Å². The summed E-state index contributed by atoms with van der Waals surface area (Å²) in [6.45, 7) is -0.0197. The van der Waals surface area contributed by atoms with Gasteiger partial charge in [0.2, 0.25) is 10.0 Å². The highest BCUT2D eigenvalue weighted by atomic mass is 32.2. The Morgan fingerprint density at radius 3 is 2.64 bits per heavy atom. The van der Waals surface area contributed by atoms with Crippen LogP contribution in [0.5, 0.6) is 0 Å². The molecule has 3 aromatic heterocycles. The zero-order valence-electron chi connectivity index (χ0n) is 17.4. The summed E-state index contributed by atoms with van der Waals surface area (Å²) >= 11 is 0. The number of aromatic nitrogens is 3. The van der Waals surface area contributed by atoms with E-state index in [-0.39, 0.29) is 34.8 Å². The Labute approximate surface area is 188 Å². The van der Waals surface area contributed by atoms with Crippen molar-refractivity contribution in [3.05, 3.63) is 47.2 Å². The van der Waals surface area contributed by atoms with Crippen LogP contribution in [-0.4, -0.2) is 28.2 Å². The highest BCUT2D eigenvalue weighted by Gasteiger charge is 2.35. The summed E-state index contributed by atoms with van der Waals surface area (Å²) in [4.78, 5) is 8.22. The lowest BCUT2D eigenvalue weighted by molar-refractivity contribution is 0.152. The van der Waals surface area contributed by atoms with Crippen LogP contribution in [0.1, 0.15) is 61.4 Å². The van der Waals surface area contributed by atoms with Crippen LogP contribution in [0.2, 0.25) is 0 Å². The SMILES string of the molecule is N#Cc1nccc(C(F)F)c1-c1nc2c(cc1F)c(CNS(=O)(=O)C1CC1)cn2C1CCC1. The van der Waals surface area contributed by atoms with E-state index < -0.39 is 27.8 Å². The maximum atomic E-state index is 15.3. The fourth-order valence-electron chi connectivity index (χ4n) is 4.14. The number of fused-ring (bicyclic) bond motifs is 1. The van der Waals surface area contributed by atoms with Gasteiger partial charge < -0.3 is 4.57 Å². The van der Waals surface area contributed by atoms with Gasteiger partial charge in [0.25, 0.3) is 6.43 Å². The van der Waals surface area contributed by atoms with Crippen molar-refractivity contribution in [3.63, 3.8) is 0 Å². The van der Waals surface area contributed by atoms with Crippen molar-refractivity contribution < 1.29 is 21.6 Å². The molecule has 0 aromatic carbocycles. The monoisotopic (exact) mass is 475 g/mol. The zero-order valence-corrected chi connectivity index (χ0v) is 18.2. The quantitative estimate of drug-likeness (QED) is 0.548. The molecule has 0 saturated heterocycles. The van der Waals surface area contributed by atoms with Gasteiger partial charge in [0.05, 0.1) is 5.25 Å². The average molecular weight is 475 g/mol. The van der Waals surface area contributed by atoms with Gasteiger partial charge in [0.15, 0.2) is 0 Å². The van der Waals surface area contributed by atoms with Crippen LogP contribution >= 0.6 is 0 Å². The van der Waals surface area contributed by atoms with Crippen molar-refractivity contribution >= 4 is 21.1 Å². The van der Waals surface area contributed by atoms with E-state index in [4.69, 9.17) is 0 Å². The maximum absolute atomic E-state index is 15.3. The molecule has 33 heavy (non-hydrogen) atoms. The van der Waals surface area contributed by atoms with Crippen molar-refractivity contribution in [2.45, 2.75) is 56.4 Å². The Morgan fingerprint density at radius 1 is 1.27 bits per heavy atom. The number of pyridine rings is 2. The smallest absolute Gasteiger partial charge is 0.264 e. The third-order valence-corrected chi connectivity index (χ3v) is 8.19. The molecular weight excluding hydrogens is 455 g/mol. The lowest BCUT2D eigenvalue weighted by Gasteiger charge is -2.27. The normalized spacial score (nSPS) is 16.8.